The molecule has 1 fully saturated rings. The van der Waals surface area contributed by atoms with E-state index in [1.165, 1.54) is 0 Å². The average molecular weight is 357 g/mol. The highest BCUT2D eigenvalue weighted by atomic mass is 16.6. The van der Waals surface area contributed by atoms with E-state index < -0.39 is 0 Å². The number of nitrogens with one attached hydrogen (secondary N) is 1. The third-order valence-corrected chi connectivity index (χ3v) is 5.16. The fourth-order valence-corrected chi connectivity index (χ4v) is 3.42. The Balaban J connectivity index is 1.63. The topological polar surface area (TPSA) is 81.5 Å². The van der Waals surface area contributed by atoms with Crippen LogP contribution in [0, 0.1) is 6.92 Å². The second-order valence-corrected chi connectivity index (χ2v) is 6.75. The molecule has 2 aliphatic rings. The van der Waals surface area contributed by atoms with Crippen molar-refractivity contribution in [2.24, 2.45) is 0 Å². The molecule has 1 aromatic carbocycles. The number of carbonyl (C=O) groups is 1. The lowest BCUT2D eigenvalue weighted by molar-refractivity contribution is 0.0596. The Bertz CT molecular complexity index is 834. The zero-order valence-corrected chi connectivity index (χ0v) is 15.2. The third kappa shape index (κ3) is 2.80. The van der Waals surface area contributed by atoms with E-state index in [0.29, 0.717) is 36.9 Å². The van der Waals surface area contributed by atoms with Crippen LogP contribution in [0.3, 0.4) is 0 Å². The average Bonchev–Trinajstić information content (AvgIpc) is 3.04. The zero-order chi connectivity index (χ0) is 18.3. The molecule has 26 heavy (non-hydrogen) atoms. The van der Waals surface area contributed by atoms with Crippen molar-refractivity contribution >= 4 is 5.91 Å². The van der Waals surface area contributed by atoms with Crippen LogP contribution in [-0.2, 0) is 0 Å². The zero-order valence-electron chi connectivity index (χ0n) is 15.2. The molecular formula is C18H23N5O3. The Hall–Kier alpha value is -2.61. The molecule has 0 bridgehead atoms. The number of hydrogen-bond donors (Lipinski definition) is 1. The van der Waals surface area contributed by atoms with Crippen molar-refractivity contribution in [2.75, 3.05) is 26.3 Å². The molecule has 4 rings (SSSR count). The van der Waals surface area contributed by atoms with Crippen molar-refractivity contribution < 1.29 is 14.3 Å². The van der Waals surface area contributed by atoms with Gasteiger partial charge in [-0.3, -0.25) is 4.79 Å². The Kier molecular flexibility index (Phi) is 4.28. The molecule has 1 aromatic heterocycles. The number of carbonyl (C=O) groups excluding carboxylic acids is 1. The molecule has 2 unspecified atom stereocenters. The van der Waals surface area contributed by atoms with E-state index in [0.717, 1.165) is 18.0 Å². The predicted octanol–water partition coefficient (Wildman–Crippen LogP) is 1.17. The summed E-state index contributed by atoms with van der Waals surface area (Å²) in [6.45, 7) is 8.52. The van der Waals surface area contributed by atoms with E-state index in [2.05, 4.69) is 29.5 Å². The molecular weight excluding hydrogens is 334 g/mol. The summed E-state index contributed by atoms with van der Waals surface area (Å²) in [5.74, 6) is 1.32. The van der Waals surface area contributed by atoms with Gasteiger partial charge in [0.25, 0.3) is 5.91 Å². The van der Waals surface area contributed by atoms with Crippen LogP contribution in [0.2, 0.25) is 0 Å². The summed E-state index contributed by atoms with van der Waals surface area (Å²) in [5, 5.41) is 11.8. The van der Waals surface area contributed by atoms with Crippen molar-refractivity contribution in [2.45, 2.75) is 32.9 Å². The van der Waals surface area contributed by atoms with Gasteiger partial charge in [-0.25, -0.2) is 4.68 Å². The second kappa shape index (κ2) is 6.60. The first-order valence-corrected chi connectivity index (χ1v) is 8.93. The lowest BCUT2D eigenvalue weighted by Gasteiger charge is -2.38. The summed E-state index contributed by atoms with van der Waals surface area (Å²) < 4.78 is 12.9. The molecule has 0 radical (unpaired) electrons. The number of piperazine rings is 1. The number of ether oxygens (including phenoxy) is 2. The molecule has 138 valence electrons. The van der Waals surface area contributed by atoms with Gasteiger partial charge >= 0.3 is 0 Å². The number of amides is 1. The highest BCUT2D eigenvalue weighted by molar-refractivity contribution is 5.93. The fraction of sp³-hybridized carbons (Fsp3) is 0.500. The Morgan fingerprint density at radius 1 is 1.23 bits per heavy atom. The van der Waals surface area contributed by atoms with E-state index in [1.54, 1.807) is 4.68 Å². The molecule has 3 heterocycles. The monoisotopic (exact) mass is 357 g/mol. The maximum absolute atomic E-state index is 13.0. The predicted molar refractivity (Wildman–Crippen MR) is 95.0 cm³/mol. The smallest absolute Gasteiger partial charge is 0.276 e. The van der Waals surface area contributed by atoms with Crippen LogP contribution in [0.4, 0.5) is 0 Å². The number of nitrogens with zero attached hydrogens (tertiary/aromatic N) is 4. The SMILES string of the molecule is Cc1c(C(=O)N2CCNC(C)C2C)nnn1-c1ccc2c(c1)OCCO2. The van der Waals surface area contributed by atoms with Gasteiger partial charge in [-0.2, -0.15) is 0 Å². The van der Waals surface area contributed by atoms with Crippen LogP contribution in [0.5, 0.6) is 11.5 Å². The molecule has 1 N–H and O–H groups in total. The lowest BCUT2D eigenvalue weighted by Crippen LogP contribution is -2.57. The quantitative estimate of drug-likeness (QED) is 0.869. The maximum Gasteiger partial charge on any atom is 0.276 e. The fourth-order valence-electron chi connectivity index (χ4n) is 3.42. The van der Waals surface area contributed by atoms with Crippen molar-refractivity contribution in [3.63, 3.8) is 0 Å². The molecule has 1 saturated heterocycles. The van der Waals surface area contributed by atoms with Gasteiger partial charge in [0.1, 0.15) is 13.2 Å². The number of hydrogen-bond acceptors (Lipinski definition) is 6. The molecule has 0 spiro atoms. The van der Waals surface area contributed by atoms with Crippen LogP contribution in [-0.4, -0.2) is 64.2 Å². The van der Waals surface area contributed by atoms with E-state index in [-0.39, 0.29) is 18.0 Å². The van der Waals surface area contributed by atoms with Gasteiger partial charge in [0, 0.05) is 31.2 Å². The number of benzene rings is 1. The molecule has 8 heteroatoms. The Morgan fingerprint density at radius 3 is 2.81 bits per heavy atom. The normalized spacial score (nSPS) is 22.3. The van der Waals surface area contributed by atoms with Gasteiger partial charge < -0.3 is 19.7 Å². The van der Waals surface area contributed by atoms with E-state index in [9.17, 15) is 4.79 Å². The van der Waals surface area contributed by atoms with Gasteiger partial charge in [0.15, 0.2) is 17.2 Å². The third-order valence-electron chi connectivity index (χ3n) is 5.16. The van der Waals surface area contributed by atoms with Gasteiger partial charge in [0.2, 0.25) is 0 Å². The minimum atomic E-state index is -0.0767. The maximum atomic E-state index is 13.0. The number of aromatic nitrogens is 3. The van der Waals surface area contributed by atoms with E-state index in [1.807, 2.05) is 30.0 Å². The summed E-state index contributed by atoms with van der Waals surface area (Å²) in [5.41, 5.74) is 1.89. The molecule has 0 aliphatic carbocycles. The van der Waals surface area contributed by atoms with Crippen LogP contribution < -0.4 is 14.8 Å². The van der Waals surface area contributed by atoms with Crippen LogP contribution >= 0.6 is 0 Å². The van der Waals surface area contributed by atoms with Crippen molar-refractivity contribution in [3.05, 3.63) is 29.6 Å². The highest BCUT2D eigenvalue weighted by Gasteiger charge is 2.31. The number of rotatable bonds is 2. The minimum absolute atomic E-state index is 0.0767. The number of fused-ring (bicyclic) bond motifs is 1. The van der Waals surface area contributed by atoms with Crippen molar-refractivity contribution in [3.8, 4) is 17.2 Å². The Labute approximate surface area is 152 Å². The molecule has 2 atom stereocenters. The summed E-state index contributed by atoms with van der Waals surface area (Å²) in [4.78, 5) is 14.9. The van der Waals surface area contributed by atoms with Gasteiger partial charge in [-0.15, -0.1) is 5.10 Å². The first-order chi connectivity index (χ1) is 12.6. The van der Waals surface area contributed by atoms with Crippen LogP contribution in [0.25, 0.3) is 5.69 Å². The second-order valence-electron chi connectivity index (χ2n) is 6.75. The molecule has 2 aliphatic heterocycles. The highest BCUT2D eigenvalue weighted by Crippen LogP contribution is 2.32. The van der Waals surface area contributed by atoms with Gasteiger partial charge in [-0.05, 0) is 32.9 Å². The van der Waals surface area contributed by atoms with Crippen molar-refractivity contribution in [1.29, 1.82) is 0 Å². The standard InChI is InChI=1S/C18H23N5O3/c1-11-12(2)22(7-6-19-11)18(24)17-13(3)23(21-20-17)14-4-5-15-16(10-14)26-9-8-25-15/h4-5,10-12,19H,6-9H2,1-3H3. The van der Waals surface area contributed by atoms with Crippen molar-refractivity contribution in [1.82, 2.24) is 25.2 Å². The summed E-state index contributed by atoms with van der Waals surface area (Å²) in [6, 6.07) is 5.96. The van der Waals surface area contributed by atoms with E-state index >= 15 is 0 Å². The first-order valence-electron chi connectivity index (χ1n) is 8.93. The molecule has 1 amide bonds. The summed E-state index contributed by atoms with van der Waals surface area (Å²) in [6.07, 6.45) is 0. The summed E-state index contributed by atoms with van der Waals surface area (Å²) in [7, 11) is 0. The molecule has 2 aromatic rings. The largest absolute Gasteiger partial charge is 0.486 e. The molecule has 8 nitrogen and oxygen atoms in total. The van der Waals surface area contributed by atoms with E-state index in [4.69, 9.17) is 9.47 Å². The first kappa shape index (κ1) is 16.8. The van der Waals surface area contributed by atoms with Gasteiger partial charge in [-0.1, -0.05) is 5.21 Å². The lowest BCUT2D eigenvalue weighted by atomic mass is 10.1. The van der Waals surface area contributed by atoms with Crippen LogP contribution in [0.15, 0.2) is 18.2 Å². The van der Waals surface area contributed by atoms with Gasteiger partial charge in [0.05, 0.1) is 11.4 Å². The Morgan fingerprint density at radius 2 is 2.00 bits per heavy atom. The molecule has 0 saturated carbocycles. The van der Waals surface area contributed by atoms with Crippen LogP contribution in [0.1, 0.15) is 30.0 Å². The minimum Gasteiger partial charge on any atom is -0.486 e. The summed E-state index contributed by atoms with van der Waals surface area (Å²) >= 11 is 0.